The van der Waals surface area contributed by atoms with E-state index in [1.807, 2.05) is 36.4 Å². The summed E-state index contributed by atoms with van der Waals surface area (Å²) in [6.45, 7) is 1.67. The van der Waals surface area contributed by atoms with Gasteiger partial charge in [0, 0.05) is 50.1 Å². The molecule has 0 aliphatic rings. The lowest BCUT2D eigenvalue weighted by Gasteiger charge is -2.09. The molecule has 0 spiro atoms. The molecule has 6 rings (SSSR count). The number of benzene rings is 2. The average Bonchev–Trinajstić information content (AvgIpc) is 3.54. The SMILES string of the molecule is Fc1cccnc1CNc1nccc2oc(CCNCCc3nc4ccccc4n3-c3ccccc3)nc12. The third kappa shape index (κ3) is 4.96. The van der Waals surface area contributed by atoms with Gasteiger partial charge < -0.3 is 15.1 Å². The van der Waals surface area contributed by atoms with Crippen LogP contribution in [0.1, 0.15) is 17.4 Å². The lowest BCUT2D eigenvalue weighted by atomic mass is 10.2. The van der Waals surface area contributed by atoms with Crippen LogP contribution in [-0.4, -0.2) is 37.6 Å². The molecule has 190 valence electrons. The zero-order valence-electron chi connectivity index (χ0n) is 20.6. The van der Waals surface area contributed by atoms with Gasteiger partial charge >= 0.3 is 0 Å². The summed E-state index contributed by atoms with van der Waals surface area (Å²) in [5, 5.41) is 6.60. The van der Waals surface area contributed by atoms with Gasteiger partial charge in [-0.15, -0.1) is 0 Å². The first kappa shape index (κ1) is 23.7. The van der Waals surface area contributed by atoms with Gasteiger partial charge in [0.05, 0.1) is 23.3 Å². The molecule has 6 aromatic rings. The number of anilines is 1. The molecule has 38 heavy (non-hydrogen) atoms. The number of oxazole rings is 1. The van der Waals surface area contributed by atoms with Crippen molar-refractivity contribution >= 4 is 28.0 Å². The Bertz CT molecular complexity index is 1680. The van der Waals surface area contributed by atoms with Crippen LogP contribution in [0.5, 0.6) is 0 Å². The average molecular weight is 508 g/mol. The molecule has 8 nitrogen and oxygen atoms in total. The van der Waals surface area contributed by atoms with Crippen LogP contribution in [0.15, 0.2) is 89.6 Å². The molecule has 4 heterocycles. The van der Waals surface area contributed by atoms with E-state index in [0.717, 1.165) is 35.5 Å². The largest absolute Gasteiger partial charge is 0.440 e. The summed E-state index contributed by atoms with van der Waals surface area (Å²) in [5.41, 5.74) is 4.77. The van der Waals surface area contributed by atoms with Crippen LogP contribution >= 0.6 is 0 Å². The molecule has 0 atom stereocenters. The molecule has 0 unspecified atom stereocenters. The molecule has 0 aliphatic carbocycles. The predicted molar refractivity (Wildman–Crippen MR) is 145 cm³/mol. The fourth-order valence-electron chi connectivity index (χ4n) is 4.48. The summed E-state index contributed by atoms with van der Waals surface area (Å²) in [5.74, 6) is 1.80. The summed E-state index contributed by atoms with van der Waals surface area (Å²) in [7, 11) is 0. The van der Waals surface area contributed by atoms with E-state index < -0.39 is 0 Å². The van der Waals surface area contributed by atoms with Gasteiger partial charge in [0.2, 0.25) is 0 Å². The zero-order valence-corrected chi connectivity index (χ0v) is 20.6. The minimum atomic E-state index is -0.363. The molecular formula is C29H26FN7O. The van der Waals surface area contributed by atoms with Crippen LogP contribution in [0.3, 0.4) is 0 Å². The summed E-state index contributed by atoms with van der Waals surface area (Å²) in [6, 6.07) is 23.2. The van der Waals surface area contributed by atoms with Crippen molar-refractivity contribution in [2.24, 2.45) is 0 Å². The second kappa shape index (κ2) is 10.8. The number of para-hydroxylation sites is 3. The standard InChI is InChI=1S/C29H26FN7O/c30-21-9-6-15-32-23(21)19-34-29-28-25(12-18-33-29)38-27(36-28)14-17-31-16-13-26-35-22-10-4-5-11-24(22)37(26)20-7-2-1-3-8-20/h1-12,15,18,31H,13-14,16-17,19H2,(H,33,34). The molecule has 0 fully saturated rings. The first-order valence-corrected chi connectivity index (χ1v) is 12.6. The van der Waals surface area contributed by atoms with Crippen molar-refractivity contribution in [2.75, 3.05) is 18.4 Å². The third-order valence-electron chi connectivity index (χ3n) is 6.30. The fourth-order valence-corrected chi connectivity index (χ4v) is 4.48. The van der Waals surface area contributed by atoms with Crippen LogP contribution in [0, 0.1) is 5.82 Å². The van der Waals surface area contributed by atoms with Crippen molar-refractivity contribution < 1.29 is 8.81 Å². The van der Waals surface area contributed by atoms with Crippen LogP contribution in [-0.2, 0) is 19.4 Å². The highest BCUT2D eigenvalue weighted by Crippen LogP contribution is 2.23. The number of hydrogen-bond acceptors (Lipinski definition) is 7. The first-order chi connectivity index (χ1) is 18.8. The molecule has 4 aromatic heterocycles. The molecule has 0 aliphatic heterocycles. The van der Waals surface area contributed by atoms with Crippen molar-refractivity contribution in [3.63, 3.8) is 0 Å². The zero-order chi connectivity index (χ0) is 25.7. The van der Waals surface area contributed by atoms with Gasteiger partial charge in [-0.2, -0.15) is 0 Å². The number of rotatable bonds is 10. The van der Waals surface area contributed by atoms with Gasteiger partial charge in [0.15, 0.2) is 22.8 Å². The number of aromatic nitrogens is 5. The van der Waals surface area contributed by atoms with Crippen LogP contribution < -0.4 is 10.6 Å². The number of pyridine rings is 2. The van der Waals surface area contributed by atoms with Crippen LogP contribution in [0.2, 0.25) is 0 Å². The minimum Gasteiger partial charge on any atom is -0.440 e. The number of hydrogen-bond donors (Lipinski definition) is 2. The molecule has 2 N–H and O–H groups in total. The van der Waals surface area contributed by atoms with Crippen LogP contribution in [0.25, 0.3) is 27.8 Å². The second-order valence-electron chi connectivity index (χ2n) is 8.84. The van der Waals surface area contributed by atoms with Crippen molar-refractivity contribution in [2.45, 2.75) is 19.4 Å². The Balaban J connectivity index is 1.08. The highest BCUT2D eigenvalue weighted by Gasteiger charge is 2.13. The van der Waals surface area contributed by atoms with Crippen molar-refractivity contribution in [1.29, 1.82) is 0 Å². The summed E-state index contributed by atoms with van der Waals surface area (Å²) < 4.78 is 22.1. The molecule has 0 bridgehead atoms. The molecule has 2 aromatic carbocycles. The van der Waals surface area contributed by atoms with Gasteiger partial charge in [0.25, 0.3) is 0 Å². The number of nitrogens with one attached hydrogen (secondary N) is 2. The molecular weight excluding hydrogens is 481 g/mol. The van der Waals surface area contributed by atoms with Gasteiger partial charge in [-0.05, 0) is 36.4 Å². The van der Waals surface area contributed by atoms with Crippen molar-refractivity contribution in [3.8, 4) is 5.69 Å². The Morgan fingerprint density at radius 1 is 0.816 bits per heavy atom. The maximum absolute atomic E-state index is 13.9. The summed E-state index contributed by atoms with van der Waals surface area (Å²) >= 11 is 0. The number of nitrogens with zero attached hydrogens (tertiary/aromatic N) is 5. The monoisotopic (exact) mass is 507 g/mol. The predicted octanol–water partition coefficient (Wildman–Crippen LogP) is 5.08. The first-order valence-electron chi connectivity index (χ1n) is 12.6. The maximum Gasteiger partial charge on any atom is 0.196 e. The molecule has 0 radical (unpaired) electrons. The van der Waals surface area contributed by atoms with E-state index in [0.29, 0.717) is 41.5 Å². The van der Waals surface area contributed by atoms with Crippen LogP contribution in [0.4, 0.5) is 10.2 Å². The van der Waals surface area contributed by atoms with E-state index in [4.69, 9.17) is 9.40 Å². The van der Waals surface area contributed by atoms with Crippen molar-refractivity contribution in [1.82, 2.24) is 29.8 Å². The third-order valence-corrected chi connectivity index (χ3v) is 6.30. The number of halogens is 1. The van der Waals surface area contributed by atoms with E-state index in [-0.39, 0.29) is 12.4 Å². The summed E-state index contributed by atoms with van der Waals surface area (Å²) in [4.78, 5) is 17.9. The Hall–Kier alpha value is -4.63. The Morgan fingerprint density at radius 3 is 2.55 bits per heavy atom. The van der Waals surface area contributed by atoms with Gasteiger partial charge in [-0.3, -0.25) is 9.55 Å². The topological polar surface area (TPSA) is 93.7 Å². The van der Waals surface area contributed by atoms with Gasteiger partial charge in [-0.1, -0.05) is 30.3 Å². The Labute approximate surface area is 218 Å². The fraction of sp³-hybridized carbons (Fsp3) is 0.172. The minimum absolute atomic E-state index is 0.205. The maximum atomic E-state index is 13.9. The normalized spacial score (nSPS) is 11.4. The van der Waals surface area contributed by atoms with E-state index in [2.05, 4.69) is 48.4 Å². The quantitative estimate of drug-likeness (QED) is 0.250. The van der Waals surface area contributed by atoms with Crippen molar-refractivity contribution in [3.05, 3.63) is 108 Å². The Kier molecular flexibility index (Phi) is 6.73. The van der Waals surface area contributed by atoms with E-state index >= 15 is 0 Å². The highest BCUT2D eigenvalue weighted by atomic mass is 19.1. The van der Waals surface area contributed by atoms with Gasteiger partial charge in [-0.25, -0.2) is 19.3 Å². The molecule has 0 saturated carbocycles. The molecule has 0 saturated heterocycles. The smallest absolute Gasteiger partial charge is 0.196 e. The number of imidazole rings is 1. The van der Waals surface area contributed by atoms with E-state index in [9.17, 15) is 4.39 Å². The summed E-state index contributed by atoms with van der Waals surface area (Å²) in [6.07, 6.45) is 4.61. The lowest BCUT2D eigenvalue weighted by molar-refractivity contribution is 0.514. The molecule has 9 heteroatoms. The second-order valence-corrected chi connectivity index (χ2v) is 8.84. The number of fused-ring (bicyclic) bond motifs is 2. The highest BCUT2D eigenvalue weighted by molar-refractivity contribution is 5.84. The molecule has 0 amide bonds. The van der Waals surface area contributed by atoms with E-state index in [1.54, 1.807) is 24.5 Å². The van der Waals surface area contributed by atoms with E-state index in [1.165, 1.54) is 6.07 Å². The van der Waals surface area contributed by atoms with Gasteiger partial charge in [0.1, 0.15) is 11.6 Å². The lowest BCUT2D eigenvalue weighted by Crippen LogP contribution is -2.21. The Morgan fingerprint density at radius 2 is 1.66 bits per heavy atom.